The molecule has 2 aromatic heterocycles. The Labute approximate surface area is 145 Å². The van der Waals surface area contributed by atoms with Gasteiger partial charge in [-0.3, -0.25) is 14.0 Å². The number of hydrogen-bond acceptors (Lipinski definition) is 4. The minimum absolute atomic E-state index is 0.0118. The monoisotopic (exact) mass is 365 g/mol. The maximum Gasteiger partial charge on any atom is 0.282 e. The summed E-state index contributed by atoms with van der Waals surface area (Å²) in [6.07, 6.45) is 0. The Hall–Kier alpha value is -2.25. The van der Waals surface area contributed by atoms with Gasteiger partial charge in [-0.15, -0.1) is 11.3 Å². The number of hydrogen-bond donors (Lipinski definition) is 1. The van der Waals surface area contributed by atoms with Gasteiger partial charge in [0.2, 0.25) is 0 Å². The molecule has 8 heteroatoms. The number of nitrogens with zero attached hydrogens (tertiary/aromatic N) is 2. The molecule has 0 radical (unpaired) electrons. The van der Waals surface area contributed by atoms with E-state index in [2.05, 4.69) is 10.3 Å². The molecule has 1 N–H and O–H groups in total. The fourth-order valence-corrected chi connectivity index (χ4v) is 3.63. The summed E-state index contributed by atoms with van der Waals surface area (Å²) in [7, 11) is 0. The maximum atomic E-state index is 13.9. The van der Waals surface area contributed by atoms with E-state index in [0.29, 0.717) is 10.7 Å². The standard InChI is InChI=1S/C16H13ClFN3O2S/c1-7-13(15(23)21-8(2)9(3)24-16(21)19-7)20-14(22)12-10(17)5-4-6-11(12)18/h4-6H,1-3H3,(H,20,22). The van der Waals surface area contributed by atoms with Crippen molar-refractivity contribution < 1.29 is 9.18 Å². The molecule has 24 heavy (non-hydrogen) atoms. The highest BCUT2D eigenvalue weighted by atomic mass is 35.5. The van der Waals surface area contributed by atoms with Crippen LogP contribution in [0.5, 0.6) is 0 Å². The van der Waals surface area contributed by atoms with Crippen molar-refractivity contribution in [2.24, 2.45) is 0 Å². The summed E-state index contributed by atoms with van der Waals surface area (Å²) in [5.41, 5.74) is 0.424. The Bertz CT molecular complexity index is 1020. The molecular weight excluding hydrogens is 353 g/mol. The first-order valence-corrected chi connectivity index (χ1v) is 8.25. The lowest BCUT2D eigenvalue weighted by Gasteiger charge is -2.10. The molecule has 0 aliphatic rings. The summed E-state index contributed by atoms with van der Waals surface area (Å²) in [6.45, 7) is 5.31. The number of halogens is 2. The van der Waals surface area contributed by atoms with Gasteiger partial charge in [-0.2, -0.15) is 0 Å². The second-order valence-corrected chi connectivity index (χ2v) is 6.88. The number of rotatable bonds is 2. The fraction of sp³-hybridized carbons (Fsp3) is 0.188. The van der Waals surface area contributed by atoms with Crippen molar-refractivity contribution in [3.63, 3.8) is 0 Å². The number of carbonyl (C=O) groups is 1. The second kappa shape index (κ2) is 5.99. The van der Waals surface area contributed by atoms with Crippen LogP contribution in [0.1, 0.15) is 26.6 Å². The molecule has 0 spiro atoms. The van der Waals surface area contributed by atoms with Gasteiger partial charge < -0.3 is 5.32 Å². The van der Waals surface area contributed by atoms with Crippen LogP contribution in [0, 0.1) is 26.6 Å². The molecule has 124 valence electrons. The highest BCUT2D eigenvalue weighted by Crippen LogP contribution is 2.23. The minimum atomic E-state index is -0.787. The van der Waals surface area contributed by atoms with Crippen molar-refractivity contribution in [2.75, 3.05) is 5.32 Å². The average molecular weight is 366 g/mol. The number of carbonyl (C=O) groups excluding carboxylic acids is 1. The van der Waals surface area contributed by atoms with Gasteiger partial charge >= 0.3 is 0 Å². The zero-order valence-corrected chi connectivity index (χ0v) is 14.7. The molecule has 0 aliphatic heterocycles. The molecule has 3 rings (SSSR count). The Morgan fingerprint density at radius 2 is 2.04 bits per heavy atom. The molecule has 5 nitrogen and oxygen atoms in total. The van der Waals surface area contributed by atoms with Crippen LogP contribution in [0.3, 0.4) is 0 Å². The molecular formula is C16H13ClFN3O2S. The number of aromatic nitrogens is 2. The second-order valence-electron chi connectivity index (χ2n) is 5.29. The smallest absolute Gasteiger partial charge is 0.282 e. The average Bonchev–Trinajstić information content (AvgIpc) is 2.78. The summed E-state index contributed by atoms with van der Waals surface area (Å²) in [4.78, 5) is 30.9. The van der Waals surface area contributed by atoms with Crippen molar-refractivity contribution in [1.29, 1.82) is 0 Å². The largest absolute Gasteiger partial charge is 0.316 e. The SMILES string of the molecule is Cc1nc2sc(C)c(C)n2c(=O)c1NC(=O)c1c(F)cccc1Cl. The van der Waals surface area contributed by atoms with Crippen molar-refractivity contribution in [3.05, 3.63) is 61.2 Å². The summed E-state index contributed by atoms with van der Waals surface area (Å²) in [6, 6.07) is 3.95. The Morgan fingerprint density at radius 3 is 2.71 bits per heavy atom. The van der Waals surface area contributed by atoms with Gasteiger partial charge in [0.05, 0.1) is 16.3 Å². The lowest BCUT2D eigenvalue weighted by atomic mass is 10.2. The van der Waals surface area contributed by atoms with Crippen LogP contribution >= 0.6 is 22.9 Å². The summed E-state index contributed by atoms with van der Waals surface area (Å²) >= 11 is 7.29. The van der Waals surface area contributed by atoms with E-state index < -0.39 is 17.3 Å². The first-order chi connectivity index (χ1) is 11.3. The number of thiazole rings is 1. The molecule has 2 heterocycles. The zero-order valence-electron chi connectivity index (χ0n) is 13.1. The summed E-state index contributed by atoms with van der Waals surface area (Å²) in [5, 5.41) is 2.42. The van der Waals surface area contributed by atoms with E-state index in [9.17, 15) is 14.0 Å². The van der Waals surface area contributed by atoms with E-state index >= 15 is 0 Å². The highest BCUT2D eigenvalue weighted by Gasteiger charge is 2.20. The van der Waals surface area contributed by atoms with Gasteiger partial charge in [-0.1, -0.05) is 17.7 Å². The van der Waals surface area contributed by atoms with Crippen molar-refractivity contribution >= 4 is 39.5 Å². The number of fused-ring (bicyclic) bond motifs is 1. The molecule has 1 aromatic carbocycles. The van der Waals surface area contributed by atoms with E-state index in [1.165, 1.54) is 27.9 Å². The van der Waals surface area contributed by atoms with Crippen LogP contribution in [0.25, 0.3) is 4.96 Å². The molecule has 0 unspecified atom stereocenters. The van der Waals surface area contributed by atoms with Gasteiger partial charge in [-0.05, 0) is 32.9 Å². The number of anilines is 1. The number of benzene rings is 1. The fourth-order valence-electron chi connectivity index (χ4n) is 2.37. The number of aryl methyl sites for hydroxylation is 3. The van der Waals surface area contributed by atoms with Gasteiger partial charge in [0.25, 0.3) is 11.5 Å². The van der Waals surface area contributed by atoms with Crippen molar-refractivity contribution in [3.8, 4) is 0 Å². The first-order valence-electron chi connectivity index (χ1n) is 7.06. The van der Waals surface area contributed by atoms with Crippen LogP contribution in [-0.2, 0) is 0 Å². The molecule has 0 saturated heterocycles. The van der Waals surface area contributed by atoms with Crippen molar-refractivity contribution in [2.45, 2.75) is 20.8 Å². The minimum Gasteiger partial charge on any atom is -0.316 e. The van der Waals surface area contributed by atoms with E-state index in [1.807, 2.05) is 6.92 Å². The molecule has 0 saturated carbocycles. The topological polar surface area (TPSA) is 63.5 Å². The van der Waals surface area contributed by atoms with Gasteiger partial charge in [0.1, 0.15) is 11.5 Å². The number of nitrogens with one attached hydrogen (secondary N) is 1. The Kier molecular flexibility index (Phi) is 4.15. The predicted octanol–water partition coefficient (Wildman–Crippen LogP) is 3.73. The maximum absolute atomic E-state index is 13.9. The van der Waals surface area contributed by atoms with Crippen LogP contribution in [0.15, 0.2) is 23.0 Å². The predicted molar refractivity (Wildman–Crippen MR) is 92.9 cm³/mol. The van der Waals surface area contributed by atoms with Gasteiger partial charge in [0, 0.05) is 10.6 Å². The first kappa shape index (κ1) is 16.6. The zero-order chi connectivity index (χ0) is 17.6. The quantitative estimate of drug-likeness (QED) is 0.752. The lowest BCUT2D eigenvalue weighted by Crippen LogP contribution is -2.25. The third-order valence-electron chi connectivity index (χ3n) is 3.75. The highest BCUT2D eigenvalue weighted by molar-refractivity contribution is 7.17. The van der Waals surface area contributed by atoms with E-state index in [4.69, 9.17) is 11.6 Å². The Balaban J connectivity index is 2.12. The Morgan fingerprint density at radius 1 is 1.33 bits per heavy atom. The molecule has 3 aromatic rings. The summed E-state index contributed by atoms with van der Waals surface area (Å²) in [5.74, 6) is -1.54. The van der Waals surface area contributed by atoms with Crippen LogP contribution in [-0.4, -0.2) is 15.3 Å². The van der Waals surface area contributed by atoms with Crippen LogP contribution in [0.4, 0.5) is 10.1 Å². The molecule has 0 aliphatic carbocycles. The molecule has 0 bridgehead atoms. The third kappa shape index (κ3) is 2.59. The van der Waals surface area contributed by atoms with Crippen LogP contribution in [0.2, 0.25) is 5.02 Å². The normalized spacial score (nSPS) is 11.0. The van der Waals surface area contributed by atoms with Gasteiger partial charge in [-0.25, -0.2) is 9.37 Å². The molecule has 0 fully saturated rings. The lowest BCUT2D eigenvalue weighted by molar-refractivity contribution is 0.102. The van der Waals surface area contributed by atoms with E-state index in [0.717, 1.165) is 16.6 Å². The van der Waals surface area contributed by atoms with E-state index in [1.54, 1.807) is 13.8 Å². The van der Waals surface area contributed by atoms with E-state index in [-0.39, 0.29) is 16.3 Å². The van der Waals surface area contributed by atoms with Crippen molar-refractivity contribution in [1.82, 2.24) is 9.38 Å². The third-order valence-corrected chi connectivity index (χ3v) is 5.12. The summed E-state index contributed by atoms with van der Waals surface area (Å²) < 4.78 is 15.3. The molecule has 1 amide bonds. The van der Waals surface area contributed by atoms with Crippen LogP contribution < -0.4 is 10.9 Å². The number of amides is 1. The van der Waals surface area contributed by atoms with Gasteiger partial charge in [0.15, 0.2) is 4.96 Å². The molecule has 0 atom stereocenters.